The van der Waals surface area contributed by atoms with Crippen LogP contribution in [0.5, 0.6) is 0 Å². The first-order valence-electron chi connectivity index (χ1n) is 6.03. The number of aryl methyl sites for hydroxylation is 1. The molecule has 2 heterocycles. The normalized spacial score (nSPS) is 10.6. The van der Waals surface area contributed by atoms with Crippen LogP contribution in [0.15, 0.2) is 23.6 Å². The molecular weight excluding hydrogens is 244 g/mol. The Morgan fingerprint density at radius 3 is 2.78 bits per heavy atom. The van der Waals surface area contributed by atoms with Crippen LogP contribution in [0.25, 0.3) is 0 Å². The number of carbonyl (C=O) groups excluding carboxylic acids is 1. The molecule has 1 N–H and O–H groups in total. The van der Waals surface area contributed by atoms with E-state index in [1.807, 2.05) is 37.6 Å². The Bertz CT molecular complexity index is 540. The Kier molecular flexibility index (Phi) is 3.87. The summed E-state index contributed by atoms with van der Waals surface area (Å²) in [6.45, 7) is 4.67. The number of thiophene rings is 1. The van der Waals surface area contributed by atoms with Gasteiger partial charge in [-0.1, -0.05) is 6.07 Å². The van der Waals surface area contributed by atoms with Crippen LogP contribution < -0.4 is 5.32 Å². The van der Waals surface area contributed by atoms with Gasteiger partial charge in [-0.25, -0.2) is 0 Å². The van der Waals surface area contributed by atoms with Crippen molar-refractivity contribution in [1.29, 1.82) is 0 Å². The summed E-state index contributed by atoms with van der Waals surface area (Å²) in [7, 11) is 1.98. The number of aromatic nitrogens is 1. The molecule has 2 rings (SSSR count). The molecule has 0 aromatic carbocycles. The fraction of sp³-hybridized carbons (Fsp3) is 0.357. The molecule has 0 unspecified atom stereocenters. The number of nitrogens with one attached hydrogen (secondary N) is 1. The zero-order chi connectivity index (χ0) is 13.1. The molecule has 0 atom stereocenters. The third-order valence-corrected chi connectivity index (χ3v) is 4.19. The number of hydrogen-bond acceptors (Lipinski definition) is 2. The minimum absolute atomic E-state index is 0.0211. The number of carbonyl (C=O) groups is 1. The molecule has 1 amide bonds. The van der Waals surface area contributed by atoms with Gasteiger partial charge in [-0.3, -0.25) is 4.79 Å². The second-order valence-electron chi connectivity index (χ2n) is 4.43. The number of nitrogens with zero attached hydrogens (tertiary/aromatic N) is 1. The molecule has 0 saturated heterocycles. The molecule has 0 aliphatic carbocycles. The second kappa shape index (κ2) is 5.40. The van der Waals surface area contributed by atoms with Crippen molar-refractivity contribution in [1.82, 2.24) is 9.88 Å². The molecular formula is C14H18N2OS. The van der Waals surface area contributed by atoms with Crippen LogP contribution in [-0.2, 0) is 13.5 Å². The van der Waals surface area contributed by atoms with Gasteiger partial charge in [0.2, 0.25) is 0 Å². The van der Waals surface area contributed by atoms with E-state index in [-0.39, 0.29) is 5.91 Å². The Hall–Kier alpha value is -1.55. The summed E-state index contributed by atoms with van der Waals surface area (Å²) < 4.78 is 2.04. The first kappa shape index (κ1) is 12.9. The third-order valence-electron chi connectivity index (χ3n) is 3.26. The van der Waals surface area contributed by atoms with E-state index < -0.39 is 0 Å². The van der Waals surface area contributed by atoms with Gasteiger partial charge in [-0.05, 0) is 37.8 Å². The zero-order valence-corrected chi connectivity index (χ0v) is 11.8. The van der Waals surface area contributed by atoms with E-state index in [1.54, 1.807) is 11.3 Å². The average molecular weight is 262 g/mol. The smallest absolute Gasteiger partial charge is 0.253 e. The van der Waals surface area contributed by atoms with Gasteiger partial charge < -0.3 is 9.88 Å². The molecule has 0 aliphatic heterocycles. The van der Waals surface area contributed by atoms with Crippen LogP contribution in [0.3, 0.4) is 0 Å². The fourth-order valence-corrected chi connectivity index (χ4v) is 2.64. The van der Waals surface area contributed by atoms with Gasteiger partial charge in [-0.15, -0.1) is 11.3 Å². The fourth-order valence-electron chi connectivity index (χ4n) is 1.93. The van der Waals surface area contributed by atoms with Crippen molar-refractivity contribution in [3.63, 3.8) is 0 Å². The van der Waals surface area contributed by atoms with Crippen LogP contribution in [0.1, 0.15) is 26.6 Å². The first-order valence-corrected chi connectivity index (χ1v) is 6.91. The summed E-state index contributed by atoms with van der Waals surface area (Å²) in [5, 5.41) is 5.03. The third kappa shape index (κ3) is 2.64. The van der Waals surface area contributed by atoms with Crippen molar-refractivity contribution < 1.29 is 4.79 Å². The van der Waals surface area contributed by atoms with E-state index >= 15 is 0 Å². The van der Waals surface area contributed by atoms with Crippen LogP contribution >= 0.6 is 11.3 Å². The quantitative estimate of drug-likeness (QED) is 0.903. The Morgan fingerprint density at radius 1 is 1.44 bits per heavy atom. The van der Waals surface area contributed by atoms with Crippen molar-refractivity contribution in [3.8, 4) is 0 Å². The van der Waals surface area contributed by atoms with Gasteiger partial charge in [-0.2, -0.15) is 0 Å². The SMILES string of the molecule is Cc1cc(C(=O)NCCc2cccs2)c(C)n1C. The van der Waals surface area contributed by atoms with Gasteiger partial charge in [0.15, 0.2) is 0 Å². The number of hydrogen-bond donors (Lipinski definition) is 1. The standard InChI is InChI=1S/C14H18N2OS/c1-10-9-13(11(2)16(10)3)14(17)15-7-6-12-5-4-8-18-12/h4-5,8-9H,6-7H2,1-3H3,(H,15,17). The van der Waals surface area contributed by atoms with E-state index in [0.717, 1.165) is 23.4 Å². The Balaban J connectivity index is 1.93. The minimum Gasteiger partial charge on any atom is -0.352 e. The van der Waals surface area contributed by atoms with Crippen LogP contribution in [0, 0.1) is 13.8 Å². The van der Waals surface area contributed by atoms with Crippen molar-refractivity contribution in [2.75, 3.05) is 6.54 Å². The number of amides is 1. The Morgan fingerprint density at radius 2 is 2.22 bits per heavy atom. The maximum absolute atomic E-state index is 12.0. The van der Waals surface area contributed by atoms with E-state index in [0.29, 0.717) is 6.54 Å². The number of rotatable bonds is 4. The molecule has 18 heavy (non-hydrogen) atoms. The molecule has 0 fully saturated rings. The summed E-state index contributed by atoms with van der Waals surface area (Å²) in [5.74, 6) is 0.0211. The largest absolute Gasteiger partial charge is 0.352 e. The minimum atomic E-state index is 0.0211. The summed E-state index contributed by atoms with van der Waals surface area (Å²) >= 11 is 1.72. The first-order chi connectivity index (χ1) is 8.59. The van der Waals surface area contributed by atoms with E-state index in [2.05, 4.69) is 16.8 Å². The van der Waals surface area contributed by atoms with Crippen molar-refractivity contribution in [2.24, 2.45) is 7.05 Å². The molecule has 96 valence electrons. The molecule has 0 bridgehead atoms. The Labute approximate surface area is 111 Å². The predicted octanol–water partition coefficient (Wildman–Crippen LogP) is 2.68. The van der Waals surface area contributed by atoms with Crippen LogP contribution in [0.2, 0.25) is 0 Å². The summed E-state index contributed by atoms with van der Waals surface area (Å²) in [6, 6.07) is 6.07. The lowest BCUT2D eigenvalue weighted by molar-refractivity contribution is 0.0953. The van der Waals surface area contributed by atoms with E-state index in [9.17, 15) is 4.79 Å². The highest BCUT2D eigenvalue weighted by atomic mass is 32.1. The maximum atomic E-state index is 12.0. The van der Waals surface area contributed by atoms with E-state index in [1.165, 1.54) is 4.88 Å². The molecule has 0 aliphatic rings. The van der Waals surface area contributed by atoms with Crippen molar-refractivity contribution in [3.05, 3.63) is 45.4 Å². The highest BCUT2D eigenvalue weighted by Crippen LogP contribution is 2.13. The highest BCUT2D eigenvalue weighted by Gasteiger charge is 2.13. The van der Waals surface area contributed by atoms with Gasteiger partial charge in [0, 0.05) is 29.9 Å². The lowest BCUT2D eigenvalue weighted by atomic mass is 10.2. The van der Waals surface area contributed by atoms with Crippen molar-refractivity contribution >= 4 is 17.2 Å². The molecule has 2 aromatic heterocycles. The highest BCUT2D eigenvalue weighted by molar-refractivity contribution is 7.09. The maximum Gasteiger partial charge on any atom is 0.253 e. The summed E-state index contributed by atoms with van der Waals surface area (Å²) in [4.78, 5) is 13.3. The van der Waals surface area contributed by atoms with Crippen LogP contribution in [0.4, 0.5) is 0 Å². The topological polar surface area (TPSA) is 34.0 Å². The molecule has 3 nitrogen and oxygen atoms in total. The average Bonchev–Trinajstić information content (AvgIpc) is 2.94. The monoisotopic (exact) mass is 262 g/mol. The van der Waals surface area contributed by atoms with Crippen LogP contribution in [-0.4, -0.2) is 17.0 Å². The van der Waals surface area contributed by atoms with E-state index in [4.69, 9.17) is 0 Å². The predicted molar refractivity (Wildman–Crippen MR) is 75.2 cm³/mol. The van der Waals surface area contributed by atoms with Gasteiger partial charge in [0.05, 0.1) is 5.56 Å². The summed E-state index contributed by atoms with van der Waals surface area (Å²) in [6.07, 6.45) is 0.897. The molecule has 4 heteroatoms. The van der Waals surface area contributed by atoms with Gasteiger partial charge in [0.25, 0.3) is 5.91 Å². The van der Waals surface area contributed by atoms with Crippen molar-refractivity contribution in [2.45, 2.75) is 20.3 Å². The summed E-state index contributed by atoms with van der Waals surface area (Å²) in [5.41, 5.74) is 2.90. The van der Waals surface area contributed by atoms with Gasteiger partial charge >= 0.3 is 0 Å². The molecule has 0 saturated carbocycles. The molecule has 2 aromatic rings. The molecule has 0 spiro atoms. The van der Waals surface area contributed by atoms with Gasteiger partial charge in [0.1, 0.15) is 0 Å². The zero-order valence-electron chi connectivity index (χ0n) is 11.0. The lowest BCUT2D eigenvalue weighted by Crippen LogP contribution is -2.25. The lowest BCUT2D eigenvalue weighted by Gasteiger charge is -2.04. The second-order valence-corrected chi connectivity index (χ2v) is 5.46. The molecule has 0 radical (unpaired) electrons.